The molecule has 19 heavy (non-hydrogen) atoms. The Balaban J connectivity index is 3.71. The van der Waals surface area contributed by atoms with Gasteiger partial charge in [-0.25, -0.2) is 0 Å². The van der Waals surface area contributed by atoms with Crippen molar-refractivity contribution in [3.63, 3.8) is 0 Å². The third-order valence-electron chi connectivity index (χ3n) is 3.63. The van der Waals surface area contributed by atoms with Crippen LogP contribution < -0.4 is 5.32 Å². The molecule has 0 fully saturated rings. The van der Waals surface area contributed by atoms with Crippen LogP contribution in [0.4, 0.5) is 0 Å². The minimum absolute atomic E-state index is 0.412. The molecule has 1 atom stereocenters. The number of hydrogen-bond donors (Lipinski definition) is 1. The van der Waals surface area contributed by atoms with Gasteiger partial charge in [-0.05, 0) is 56.3 Å². The summed E-state index contributed by atoms with van der Waals surface area (Å²) in [7, 11) is 0. The van der Waals surface area contributed by atoms with E-state index in [0.29, 0.717) is 5.41 Å². The van der Waals surface area contributed by atoms with Crippen LogP contribution in [0.1, 0.15) is 73.1 Å². The SMILES string of the molecule is CCCCCC=NCCC(C)(C)CC(C)CNCC. The van der Waals surface area contributed by atoms with Crippen LogP contribution in [0.5, 0.6) is 0 Å². The van der Waals surface area contributed by atoms with E-state index in [9.17, 15) is 0 Å². The maximum atomic E-state index is 4.56. The Morgan fingerprint density at radius 3 is 2.58 bits per heavy atom. The van der Waals surface area contributed by atoms with Gasteiger partial charge in [-0.3, -0.25) is 4.99 Å². The van der Waals surface area contributed by atoms with E-state index in [1.165, 1.54) is 32.1 Å². The van der Waals surface area contributed by atoms with Gasteiger partial charge in [0.15, 0.2) is 0 Å². The van der Waals surface area contributed by atoms with E-state index >= 15 is 0 Å². The molecule has 0 radical (unpaired) electrons. The molecule has 0 aliphatic heterocycles. The van der Waals surface area contributed by atoms with E-state index < -0.39 is 0 Å². The molecular weight excluding hydrogens is 232 g/mol. The van der Waals surface area contributed by atoms with E-state index in [4.69, 9.17) is 0 Å². The molecule has 0 aromatic heterocycles. The number of nitrogens with one attached hydrogen (secondary N) is 1. The Bertz CT molecular complexity index is 221. The van der Waals surface area contributed by atoms with E-state index in [0.717, 1.165) is 32.0 Å². The van der Waals surface area contributed by atoms with Gasteiger partial charge in [0.2, 0.25) is 0 Å². The van der Waals surface area contributed by atoms with Crippen LogP contribution in [0.15, 0.2) is 4.99 Å². The summed E-state index contributed by atoms with van der Waals surface area (Å²) < 4.78 is 0. The zero-order valence-electron chi connectivity index (χ0n) is 14.0. The average molecular weight is 268 g/mol. The lowest BCUT2D eigenvalue weighted by molar-refractivity contribution is 0.257. The maximum Gasteiger partial charge on any atom is 0.0390 e. The number of rotatable bonds is 12. The third-order valence-corrected chi connectivity index (χ3v) is 3.63. The molecule has 0 aliphatic carbocycles. The van der Waals surface area contributed by atoms with Crippen molar-refractivity contribution < 1.29 is 0 Å². The van der Waals surface area contributed by atoms with Gasteiger partial charge in [-0.15, -0.1) is 0 Å². The van der Waals surface area contributed by atoms with Crippen LogP contribution in [0.2, 0.25) is 0 Å². The Kier molecular flexibility index (Phi) is 11.2. The highest BCUT2D eigenvalue weighted by Crippen LogP contribution is 2.28. The monoisotopic (exact) mass is 268 g/mol. The van der Waals surface area contributed by atoms with Crippen LogP contribution in [0.25, 0.3) is 0 Å². The molecule has 0 saturated carbocycles. The molecule has 114 valence electrons. The number of unbranched alkanes of at least 4 members (excludes halogenated alkanes) is 3. The normalized spacial score (nSPS) is 14.2. The predicted octanol–water partition coefficient (Wildman–Crippen LogP) is 4.69. The Morgan fingerprint density at radius 1 is 1.21 bits per heavy atom. The highest BCUT2D eigenvalue weighted by atomic mass is 14.8. The summed E-state index contributed by atoms with van der Waals surface area (Å²) in [5.41, 5.74) is 0.412. The standard InChI is InChI=1S/C17H36N2/c1-6-8-9-10-12-19-13-11-17(4,5)14-16(3)15-18-7-2/h12,16,18H,6-11,13-15H2,1-5H3. The summed E-state index contributed by atoms with van der Waals surface area (Å²) in [6, 6.07) is 0. The van der Waals surface area contributed by atoms with Crippen molar-refractivity contribution in [3.05, 3.63) is 0 Å². The molecule has 2 nitrogen and oxygen atoms in total. The molecule has 0 rings (SSSR count). The first-order valence-electron chi connectivity index (χ1n) is 8.20. The zero-order chi connectivity index (χ0) is 14.6. The Hall–Kier alpha value is -0.370. The van der Waals surface area contributed by atoms with Crippen molar-refractivity contribution in [1.82, 2.24) is 5.32 Å². The fourth-order valence-electron chi connectivity index (χ4n) is 2.54. The van der Waals surface area contributed by atoms with E-state index in [-0.39, 0.29) is 0 Å². The number of nitrogens with zero attached hydrogens (tertiary/aromatic N) is 1. The van der Waals surface area contributed by atoms with Crippen molar-refractivity contribution in [3.8, 4) is 0 Å². The highest BCUT2D eigenvalue weighted by Gasteiger charge is 2.20. The van der Waals surface area contributed by atoms with Gasteiger partial charge < -0.3 is 5.32 Å². The molecule has 0 bridgehead atoms. The third kappa shape index (κ3) is 12.4. The topological polar surface area (TPSA) is 24.4 Å². The first kappa shape index (κ1) is 18.6. The summed E-state index contributed by atoms with van der Waals surface area (Å²) in [6.45, 7) is 14.7. The van der Waals surface area contributed by atoms with Crippen molar-refractivity contribution in [1.29, 1.82) is 0 Å². The van der Waals surface area contributed by atoms with E-state index in [1.54, 1.807) is 0 Å². The lowest BCUT2D eigenvalue weighted by atomic mass is 9.80. The van der Waals surface area contributed by atoms with Crippen LogP contribution in [0, 0.1) is 11.3 Å². The molecule has 0 saturated heterocycles. The molecule has 0 aromatic rings. The van der Waals surface area contributed by atoms with Gasteiger partial charge in [-0.2, -0.15) is 0 Å². The van der Waals surface area contributed by atoms with Gasteiger partial charge in [0.25, 0.3) is 0 Å². The highest BCUT2D eigenvalue weighted by molar-refractivity contribution is 5.56. The van der Waals surface area contributed by atoms with E-state index in [2.05, 4.69) is 51.1 Å². The van der Waals surface area contributed by atoms with Crippen LogP contribution in [-0.4, -0.2) is 25.8 Å². The van der Waals surface area contributed by atoms with Crippen LogP contribution >= 0.6 is 0 Å². The van der Waals surface area contributed by atoms with Gasteiger partial charge >= 0.3 is 0 Å². The molecule has 0 spiro atoms. The molecule has 1 N–H and O–H groups in total. The minimum Gasteiger partial charge on any atom is -0.317 e. The summed E-state index contributed by atoms with van der Waals surface area (Å²) in [5, 5.41) is 3.44. The lowest BCUT2D eigenvalue weighted by Gasteiger charge is -2.27. The Labute approximate surface area is 121 Å². The maximum absolute atomic E-state index is 4.56. The summed E-state index contributed by atoms with van der Waals surface area (Å²) >= 11 is 0. The van der Waals surface area contributed by atoms with Crippen molar-refractivity contribution in [2.24, 2.45) is 16.3 Å². The zero-order valence-corrected chi connectivity index (χ0v) is 14.0. The molecule has 1 unspecified atom stereocenters. The average Bonchev–Trinajstić information content (AvgIpc) is 2.34. The second-order valence-electron chi connectivity index (χ2n) is 6.62. The Morgan fingerprint density at radius 2 is 1.95 bits per heavy atom. The lowest BCUT2D eigenvalue weighted by Crippen LogP contribution is -2.25. The predicted molar refractivity (Wildman–Crippen MR) is 88.2 cm³/mol. The molecule has 2 heteroatoms. The molecule has 0 aromatic carbocycles. The minimum atomic E-state index is 0.412. The van der Waals surface area contributed by atoms with Crippen molar-refractivity contribution >= 4 is 6.21 Å². The smallest absolute Gasteiger partial charge is 0.0390 e. The van der Waals surface area contributed by atoms with Gasteiger partial charge in [0.05, 0.1) is 0 Å². The molecule has 0 amide bonds. The second kappa shape index (κ2) is 11.5. The van der Waals surface area contributed by atoms with Crippen molar-refractivity contribution in [2.75, 3.05) is 19.6 Å². The van der Waals surface area contributed by atoms with Gasteiger partial charge in [-0.1, -0.05) is 47.5 Å². The van der Waals surface area contributed by atoms with E-state index in [1.807, 2.05) is 0 Å². The van der Waals surface area contributed by atoms with Gasteiger partial charge in [0, 0.05) is 6.54 Å². The molecule has 0 heterocycles. The van der Waals surface area contributed by atoms with Gasteiger partial charge in [0.1, 0.15) is 0 Å². The first-order valence-corrected chi connectivity index (χ1v) is 8.20. The van der Waals surface area contributed by atoms with Crippen LogP contribution in [0.3, 0.4) is 0 Å². The largest absolute Gasteiger partial charge is 0.317 e. The summed E-state index contributed by atoms with van der Waals surface area (Å²) in [5.74, 6) is 0.753. The second-order valence-corrected chi connectivity index (χ2v) is 6.62. The van der Waals surface area contributed by atoms with Crippen LogP contribution in [-0.2, 0) is 0 Å². The summed E-state index contributed by atoms with van der Waals surface area (Å²) in [4.78, 5) is 4.56. The first-order chi connectivity index (χ1) is 9.02. The fraction of sp³-hybridized carbons (Fsp3) is 0.941. The molecule has 0 aliphatic rings. The summed E-state index contributed by atoms with van der Waals surface area (Å²) in [6.07, 6.45) is 9.70. The number of aliphatic imine (C=N–C) groups is 1. The van der Waals surface area contributed by atoms with Crippen molar-refractivity contribution in [2.45, 2.75) is 73.1 Å². The quantitative estimate of drug-likeness (QED) is 0.403. The number of hydrogen-bond acceptors (Lipinski definition) is 2. The fourth-order valence-corrected chi connectivity index (χ4v) is 2.54. The molecular formula is C17H36N2.